The summed E-state index contributed by atoms with van der Waals surface area (Å²) in [5.74, 6) is -0.676. The fourth-order valence-corrected chi connectivity index (χ4v) is 3.67. The highest BCUT2D eigenvalue weighted by Gasteiger charge is 2.48. The maximum atomic E-state index is 12.6. The van der Waals surface area contributed by atoms with Gasteiger partial charge >= 0.3 is 0 Å². The van der Waals surface area contributed by atoms with Crippen molar-refractivity contribution in [1.29, 1.82) is 0 Å². The molecule has 3 rings (SSSR count). The van der Waals surface area contributed by atoms with E-state index in [9.17, 15) is 9.59 Å². The van der Waals surface area contributed by atoms with Gasteiger partial charge in [-0.25, -0.2) is 0 Å². The third-order valence-electron chi connectivity index (χ3n) is 5.71. The Hall–Kier alpha value is -2.82. The number of carbonyl (C=O) groups excluding carboxylic acids is 2. The lowest BCUT2D eigenvalue weighted by Crippen LogP contribution is -2.22. The highest BCUT2D eigenvalue weighted by atomic mass is 16.2. The first-order valence-corrected chi connectivity index (χ1v) is 10.4. The van der Waals surface area contributed by atoms with E-state index in [1.54, 1.807) is 0 Å². The number of hydrogen-bond acceptors (Lipinski definition) is 3. The van der Waals surface area contributed by atoms with Crippen LogP contribution in [0.2, 0.25) is 0 Å². The quantitative estimate of drug-likeness (QED) is 0.718. The second kappa shape index (κ2) is 8.68. The van der Waals surface area contributed by atoms with Gasteiger partial charge in [0.25, 0.3) is 0 Å². The molecule has 0 aromatic heterocycles. The molecule has 29 heavy (non-hydrogen) atoms. The van der Waals surface area contributed by atoms with E-state index in [0.29, 0.717) is 6.42 Å². The van der Waals surface area contributed by atoms with Gasteiger partial charge < -0.3 is 15.5 Å². The van der Waals surface area contributed by atoms with Crippen LogP contribution in [0.3, 0.4) is 0 Å². The maximum Gasteiger partial charge on any atom is 0.228 e. The van der Waals surface area contributed by atoms with E-state index in [4.69, 9.17) is 0 Å². The third-order valence-corrected chi connectivity index (χ3v) is 5.71. The molecule has 1 aliphatic carbocycles. The Morgan fingerprint density at radius 3 is 2.07 bits per heavy atom. The van der Waals surface area contributed by atoms with Crippen LogP contribution in [0, 0.1) is 32.6 Å². The van der Waals surface area contributed by atoms with Crippen LogP contribution in [0.4, 0.5) is 17.1 Å². The molecule has 2 N–H and O–H groups in total. The zero-order valence-corrected chi connectivity index (χ0v) is 18.0. The molecule has 0 saturated heterocycles. The molecule has 154 valence electrons. The molecule has 2 atom stereocenters. The van der Waals surface area contributed by atoms with Crippen molar-refractivity contribution in [3.8, 4) is 0 Å². The summed E-state index contributed by atoms with van der Waals surface area (Å²) in [7, 11) is 0. The number of carbonyl (C=O) groups is 2. The number of anilines is 3. The van der Waals surface area contributed by atoms with Gasteiger partial charge in [-0.05, 0) is 82.0 Å². The summed E-state index contributed by atoms with van der Waals surface area (Å²) in [6, 6.07) is 12.1. The summed E-state index contributed by atoms with van der Waals surface area (Å²) in [5, 5.41) is 5.99. The first-order valence-electron chi connectivity index (χ1n) is 10.4. The SMILES string of the molecule is CCN(CC)c1ccc(NC(=O)C2CC2C(=O)Nc2cc(C)ccc2C)c(C)c1. The van der Waals surface area contributed by atoms with E-state index in [1.165, 1.54) is 0 Å². The van der Waals surface area contributed by atoms with Crippen LogP contribution in [0.5, 0.6) is 0 Å². The van der Waals surface area contributed by atoms with Crippen molar-refractivity contribution in [2.45, 2.75) is 41.0 Å². The second-order valence-electron chi connectivity index (χ2n) is 7.92. The Balaban J connectivity index is 1.60. The fourth-order valence-electron chi connectivity index (χ4n) is 3.67. The smallest absolute Gasteiger partial charge is 0.228 e. The minimum absolute atomic E-state index is 0.0764. The highest BCUT2D eigenvalue weighted by molar-refractivity contribution is 6.03. The summed E-state index contributed by atoms with van der Waals surface area (Å²) >= 11 is 0. The average Bonchev–Trinajstić information content (AvgIpc) is 3.49. The average molecular weight is 394 g/mol. The standard InChI is InChI=1S/C24H31N3O2/c1-6-27(7-2)18-10-11-21(17(5)13-18)25-23(28)19-14-20(19)24(29)26-22-12-15(3)8-9-16(22)4/h8-13,19-20H,6-7,14H2,1-5H3,(H,25,28)(H,26,29). The molecule has 0 bridgehead atoms. The van der Waals surface area contributed by atoms with Crippen LogP contribution in [0.15, 0.2) is 36.4 Å². The largest absolute Gasteiger partial charge is 0.372 e. The second-order valence-corrected chi connectivity index (χ2v) is 7.92. The van der Waals surface area contributed by atoms with Crippen molar-refractivity contribution < 1.29 is 9.59 Å². The number of nitrogens with one attached hydrogen (secondary N) is 2. The molecule has 2 aromatic carbocycles. The maximum absolute atomic E-state index is 12.6. The Morgan fingerprint density at radius 2 is 1.48 bits per heavy atom. The van der Waals surface area contributed by atoms with Crippen molar-refractivity contribution in [2.75, 3.05) is 28.6 Å². The predicted molar refractivity (Wildman–Crippen MR) is 120 cm³/mol. The molecule has 2 aromatic rings. The minimum atomic E-state index is -0.262. The number of hydrogen-bond donors (Lipinski definition) is 2. The number of rotatable bonds is 7. The Bertz CT molecular complexity index is 918. The molecule has 2 amide bonds. The molecule has 5 nitrogen and oxygen atoms in total. The minimum Gasteiger partial charge on any atom is -0.372 e. The van der Waals surface area contributed by atoms with Gasteiger partial charge in [-0.3, -0.25) is 9.59 Å². The van der Waals surface area contributed by atoms with E-state index >= 15 is 0 Å². The van der Waals surface area contributed by atoms with Gasteiger partial charge in [-0.2, -0.15) is 0 Å². The molecule has 0 heterocycles. The van der Waals surface area contributed by atoms with Gasteiger partial charge in [-0.15, -0.1) is 0 Å². The van der Waals surface area contributed by atoms with Gasteiger partial charge in [0.05, 0.1) is 11.8 Å². The lowest BCUT2D eigenvalue weighted by atomic mass is 10.1. The fraction of sp³-hybridized carbons (Fsp3) is 0.417. The molecule has 1 saturated carbocycles. The zero-order chi connectivity index (χ0) is 21.1. The zero-order valence-electron chi connectivity index (χ0n) is 18.0. The van der Waals surface area contributed by atoms with E-state index in [-0.39, 0.29) is 23.7 Å². The van der Waals surface area contributed by atoms with Gasteiger partial charge in [0.1, 0.15) is 0 Å². The number of amides is 2. The van der Waals surface area contributed by atoms with Crippen molar-refractivity contribution in [2.24, 2.45) is 11.8 Å². The van der Waals surface area contributed by atoms with E-state index in [1.807, 2.05) is 51.1 Å². The van der Waals surface area contributed by atoms with Crippen molar-refractivity contribution in [3.05, 3.63) is 53.1 Å². The van der Waals surface area contributed by atoms with Crippen LogP contribution in [-0.4, -0.2) is 24.9 Å². The summed E-state index contributed by atoms with van der Waals surface area (Å²) < 4.78 is 0. The van der Waals surface area contributed by atoms with E-state index in [0.717, 1.165) is 46.8 Å². The number of nitrogens with zero attached hydrogens (tertiary/aromatic N) is 1. The summed E-state index contributed by atoms with van der Waals surface area (Å²) in [5.41, 5.74) is 5.94. The molecule has 0 spiro atoms. The van der Waals surface area contributed by atoms with E-state index < -0.39 is 0 Å². The van der Waals surface area contributed by atoms with E-state index in [2.05, 4.69) is 35.4 Å². The van der Waals surface area contributed by atoms with Gasteiger partial charge in [-0.1, -0.05) is 12.1 Å². The molecule has 0 aliphatic heterocycles. The van der Waals surface area contributed by atoms with Gasteiger partial charge in [0.2, 0.25) is 11.8 Å². The summed E-state index contributed by atoms with van der Waals surface area (Å²) in [6.07, 6.45) is 0.596. The molecular formula is C24H31N3O2. The molecular weight excluding hydrogens is 362 g/mol. The Morgan fingerprint density at radius 1 is 0.862 bits per heavy atom. The molecule has 1 fully saturated rings. The predicted octanol–water partition coefficient (Wildman–Crippen LogP) is 4.67. The van der Waals surface area contributed by atoms with Gasteiger partial charge in [0, 0.05) is 30.2 Å². The Kier molecular flexibility index (Phi) is 6.26. The van der Waals surface area contributed by atoms with Crippen LogP contribution in [-0.2, 0) is 9.59 Å². The highest BCUT2D eigenvalue weighted by Crippen LogP contribution is 2.40. The molecule has 0 radical (unpaired) electrons. The first kappa shape index (κ1) is 20.9. The topological polar surface area (TPSA) is 61.4 Å². The van der Waals surface area contributed by atoms with Crippen LogP contribution >= 0.6 is 0 Å². The Labute approximate surface area is 173 Å². The molecule has 1 aliphatic rings. The lowest BCUT2D eigenvalue weighted by Gasteiger charge is -2.22. The van der Waals surface area contributed by atoms with Crippen molar-refractivity contribution in [3.63, 3.8) is 0 Å². The first-order chi connectivity index (χ1) is 13.8. The van der Waals surface area contributed by atoms with Crippen LogP contribution < -0.4 is 15.5 Å². The normalized spacial score (nSPS) is 17.6. The summed E-state index contributed by atoms with van der Waals surface area (Å²) in [4.78, 5) is 27.5. The molecule has 2 unspecified atom stereocenters. The third kappa shape index (κ3) is 4.78. The van der Waals surface area contributed by atoms with Crippen molar-refractivity contribution in [1.82, 2.24) is 0 Å². The van der Waals surface area contributed by atoms with Gasteiger partial charge in [0.15, 0.2) is 0 Å². The summed E-state index contributed by atoms with van der Waals surface area (Å²) in [6.45, 7) is 12.1. The molecule has 5 heteroatoms. The monoisotopic (exact) mass is 393 g/mol. The van der Waals surface area contributed by atoms with Crippen LogP contribution in [0.25, 0.3) is 0 Å². The van der Waals surface area contributed by atoms with Crippen LogP contribution in [0.1, 0.15) is 37.0 Å². The van der Waals surface area contributed by atoms with Crippen molar-refractivity contribution >= 4 is 28.9 Å². The number of aryl methyl sites for hydroxylation is 3. The number of benzene rings is 2. The lowest BCUT2D eigenvalue weighted by molar-refractivity contribution is -0.122.